The SMILES string of the molecule is COc1ccccc1OCc1ccc(/C=C/C(=O)c2ccc(Cl)cc2Cl)o1. The van der Waals surface area contributed by atoms with Crippen LogP contribution in [-0.2, 0) is 6.61 Å². The minimum Gasteiger partial charge on any atom is -0.493 e. The number of furan rings is 1. The van der Waals surface area contributed by atoms with Crippen LogP contribution >= 0.6 is 23.2 Å². The van der Waals surface area contributed by atoms with Crippen molar-refractivity contribution in [2.45, 2.75) is 6.61 Å². The zero-order valence-corrected chi connectivity index (χ0v) is 16.0. The van der Waals surface area contributed by atoms with Crippen LogP contribution in [0.25, 0.3) is 6.08 Å². The van der Waals surface area contributed by atoms with E-state index in [1.807, 2.05) is 24.3 Å². The summed E-state index contributed by atoms with van der Waals surface area (Å²) in [5, 5.41) is 0.786. The van der Waals surface area contributed by atoms with Gasteiger partial charge in [-0.25, -0.2) is 0 Å². The first kappa shape index (κ1) is 19.1. The van der Waals surface area contributed by atoms with E-state index in [0.717, 1.165) is 0 Å². The molecule has 0 aliphatic carbocycles. The molecular weight excluding hydrogens is 387 g/mol. The first-order valence-corrected chi connectivity index (χ1v) is 8.84. The van der Waals surface area contributed by atoms with Gasteiger partial charge in [-0.3, -0.25) is 4.79 Å². The summed E-state index contributed by atoms with van der Waals surface area (Å²) in [7, 11) is 1.59. The number of ketones is 1. The van der Waals surface area contributed by atoms with Gasteiger partial charge < -0.3 is 13.9 Å². The van der Waals surface area contributed by atoms with Crippen molar-refractivity contribution in [2.75, 3.05) is 7.11 Å². The molecule has 0 unspecified atom stereocenters. The average molecular weight is 403 g/mol. The van der Waals surface area contributed by atoms with Gasteiger partial charge >= 0.3 is 0 Å². The average Bonchev–Trinajstić information content (AvgIpc) is 3.12. The van der Waals surface area contributed by atoms with Gasteiger partial charge in [-0.1, -0.05) is 35.3 Å². The van der Waals surface area contributed by atoms with Crippen molar-refractivity contribution in [3.8, 4) is 11.5 Å². The fourth-order valence-corrected chi connectivity index (χ4v) is 2.89. The minimum absolute atomic E-state index is 0.236. The van der Waals surface area contributed by atoms with Crippen molar-refractivity contribution in [3.63, 3.8) is 0 Å². The number of methoxy groups -OCH3 is 1. The van der Waals surface area contributed by atoms with Crippen LogP contribution in [-0.4, -0.2) is 12.9 Å². The molecule has 0 spiro atoms. The van der Waals surface area contributed by atoms with Gasteiger partial charge in [-0.2, -0.15) is 0 Å². The molecule has 0 atom stereocenters. The number of halogens is 2. The molecule has 0 N–H and O–H groups in total. The number of hydrogen-bond donors (Lipinski definition) is 0. The van der Waals surface area contributed by atoms with Crippen LogP contribution in [0.1, 0.15) is 21.9 Å². The van der Waals surface area contributed by atoms with Gasteiger partial charge in [0.2, 0.25) is 0 Å². The van der Waals surface area contributed by atoms with Crippen LogP contribution in [0.2, 0.25) is 10.0 Å². The monoisotopic (exact) mass is 402 g/mol. The van der Waals surface area contributed by atoms with E-state index >= 15 is 0 Å². The highest BCUT2D eigenvalue weighted by molar-refractivity contribution is 6.37. The van der Waals surface area contributed by atoms with E-state index < -0.39 is 0 Å². The molecule has 138 valence electrons. The summed E-state index contributed by atoms with van der Waals surface area (Å²) in [5.41, 5.74) is 0.378. The minimum atomic E-state index is -0.236. The standard InChI is InChI=1S/C21H16Cl2O4/c1-25-20-4-2-3-5-21(20)26-13-16-8-7-15(27-16)9-11-19(24)17-10-6-14(22)12-18(17)23/h2-12H,13H2,1H3/b11-9+. The lowest BCUT2D eigenvalue weighted by Gasteiger charge is -2.08. The molecule has 0 bridgehead atoms. The number of ether oxygens (including phenoxy) is 2. The molecule has 1 heterocycles. The summed E-state index contributed by atoms with van der Waals surface area (Å²) in [6.07, 6.45) is 2.98. The van der Waals surface area contributed by atoms with Crippen molar-refractivity contribution in [1.29, 1.82) is 0 Å². The Bertz CT molecular complexity index is 976. The normalized spacial score (nSPS) is 10.9. The van der Waals surface area contributed by atoms with E-state index in [1.54, 1.807) is 37.5 Å². The second kappa shape index (κ2) is 8.80. The van der Waals surface area contributed by atoms with Crippen molar-refractivity contribution in [1.82, 2.24) is 0 Å². The van der Waals surface area contributed by atoms with Crippen LogP contribution in [0, 0.1) is 0 Å². The number of benzene rings is 2. The molecular formula is C21H16Cl2O4. The maximum Gasteiger partial charge on any atom is 0.187 e. The van der Waals surface area contributed by atoms with E-state index in [2.05, 4.69) is 0 Å². The highest BCUT2D eigenvalue weighted by Crippen LogP contribution is 2.27. The second-order valence-corrected chi connectivity index (χ2v) is 6.41. The van der Waals surface area contributed by atoms with Gasteiger partial charge in [-0.05, 0) is 54.6 Å². The summed E-state index contributed by atoms with van der Waals surface area (Å²) in [4.78, 5) is 12.2. The zero-order valence-electron chi connectivity index (χ0n) is 14.4. The Kier molecular flexibility index (Phi) is 6.22. The first-order valence-electron chi connectivity index (χ1n) is 8.09. The van der Waals surface area contributed by atoms with Gasteiger partial charge in [0.15, 0.2) is 17.3 Å². The molecule has 3 rings (SSSR count). The van der Waals surface area contributed by atoms with E-state index in [1.165, 1.54) is 12.1 Å². The topological polar surface area (TPSA) is 48.7 Å². The van der Waals surface area contributed by atoms with E-state index in [4.69, 9.17) is 37.1 Å². The van der Waals surface area contributed by atoms with Gasteiger partial charge in [-0.15, -0.1) is 0 Å². The number of allylic oxidation sites excluding steroid dienone is 1. The van der Waals surface area contributed by atoms with Crippen LogP contribution in [0.15, 0.2) is 65.1 Å². The highest BCUT2D eigenvalue weighted by Gasteiger charge is 2.09. The summed E-state index contributed by atoms with van der Waals surface area (Å²) in [6.45, 7) is 0.241. The van der Waals surface area contributed by atoms with Crippen molar-refractivity contribution < 1.29 is 18.7 Å². The first-order chi connectivity index (χ1) is 13.1. The molecule has 2 aromatic carbocycles. The lowest BCUT2D eigenvalue weighted by Crippen LogP contribution is -1.96. The molecule has 6 heteroatoms. The predicted molar refractivity (Wildman–Crippen MR) is 106 cm³/mol. The Hall–Kier alpha value is -2.69. The van der Waals surface area contributed by atoms with Gasteiger partial charge in [0, 0.05) is 10.6 Å². The molecule has 27 heavy (non-hydrogen) atoms. The lowest BCUT2D eigenvalue weighted by molar-refractivity contribution is 0.104. The van der Waals surface area contributed by atoms with Gasteiger partial charge in [0.05, 0.1) is 12.1 Å². The van der Waals surface area contributed by atoms with E-state index in [0.29, 0.717) is 38.6 Å². The number of carbonyl (C=O) groups is 1. The second-order valence-electron chi connectivity index (χ2n) is 5.57. The Balaban J connectivity index is 1.63. The summed E-state index contributed by atoms with van der Waals surface area (Å²) >= 11 is 11.9. The summed E-state index contributed by atoms with van der Waals surface area (Å²) in [5.74, 6) is 2.19. The smallest absolute Gasteiger partial charge is 0.187 e. The Morgan fingerprint density at radius 3 is 2.59 bits per heavy atom. The quantitative estimate of drug-likeness (QED) is 0.355. The third-order valence-electron chi connectivity index (χ3n) is 3.72. The predicted octanol–water partition coefficient (Wildman–Crippen LogP) is 6.07. The highest BCUT2D eigenvalue weighted by atomic mass is 35.5. The molecule has 0 aliphatic heterocycles. The Labute approximate surface area is 166 Å². The van der Waals surface area contributed by atoms with E-state index in [-0.39, 0.29) is 12.4 Å². The fraction of sp³-hybridized carbons (Fsp3) is 0.0952. The molecule has 1 aromatic heterocycles. The fourth-order valence-electron chi connectivity index (χ4n) is 2.39. The van der Waals surface area contributed by atoms with Crippen LogP contribution < -0.4 is 9.47 Å². The number of carbonyl (C=O) groups excluding carboxylic acids is 1. The molecule has 0 aliphatic rings. The van der Waals surface area contributed by atoms with Crippen molar-refractivity contribution in [2.24, 2.45) is 0 Å². The molecule has 0 radical (unpaired) electrons. The molecule has 0 amide bonds. The number of para-hydroxylation sites is 2. The van der Waals surface area contributed by atoms with Gasteiger partial charge in [0.1, 0.15) is 18.1 Å². The summed E-state index contributed by atoms with van der Waals surface area (Å²) < 4.78 is 16.6. The van der Waals surface area contributed by atoms with Crippen molar-refractivity contribution in [3.05, 3.63) is 87.8 Å². The van der Waals surface area contributed by atoms with Gasteiger partial charge in [0.25, 0.3) is 0 Å². The lowest BCUT2D eigenvalue weighted by atomic mass is 10.1. The van der Waals surface area contributed by atoms with Crippen molar-refractivity contribution >= 4 is 35.1 Å². The maximum absolute atomic E-state index is 12.2. The molecule has 0 fully saturated rings. The number of rotatable bonds is 7. The summed E-state index contributed by atoms with van der Waals surface area (Å²) in [6, 6.07) is 15.7. The maximum atomic E-state index is 12.2. The van der Waals surface area contributed by atoms with Crippen LogP contribution in [0.5, 0.6) is 11.5 Å². The zero-order chi connectivity index (χ0) is 19.2. The third kappa shape index (κ3) is 4.94. The van der Waals surface area contributed by atoms with Crippen LogP contribution in [0.4, 0.5) is 0 Å². The molecule has 0 saturated heterocycles. The molecule has 4 nitrogen and oxygen atoms in total. The largest absolute Gasteiger partial charge is 0.493 e. The molecule has 3 aromatic rings. The van der Waals surface area contributed by atoms with E-state index in [9.17, 15) is 4.79 Å². The Morgan fingerprint density at radius 2 is 1.85 bits per heavy atom. The Morgan fingerprint density at radius 1 is 1.07 bits per heavy atom. The van der Waals surface area contributed by atoms with Crippen LogP contribution in [0.3, 0.4) is 0 Å². The third-order valence-corrected chi connectivity index (χ3v) is 4.26. The number of hydrogen-bond acceptors (Lipinski definition) is 4. The molecule has 0 saturated carbocycles.